The minimum atomic E-state index is -0.982. The Morgan fingerprint density at radius 3 is 2.64 bits per heavy atom. The molecule has 0 aliphatic carbocycles. The number of hydrogen-bond acceptors (Lipinski definition) is 3. The zero-order valence-corrected chi connectivity index (χ0v) is 6.50. The van der Waals surface area contributed by atoms with Gasteiger partial charge in [0.1, 0.15) is 6.23 Å². The van der Waals surface area contributed by atoms with Crippen LogP contribution < -0.4 is 5.32 Å². The normalized spacial score (nSPS) is 12.3. The first-order valence-electron chi connectivity index (χ1n) is 3.33. The van der Waals surface area contributed by atoms with E-state index in [9.17, 15) is 4.79 Å². The van der Waals surface area contributed by atoms with Crippen LogP contribution in [0.3, 0.4) is 0 Å². The predicted octanol–water partition coefficient (Wildman–Crippen LogP) is -0.621. The van der Waals surface area contributed by atoms with Gasteiger partial charge in [-0.2, -0.15) is 0 Å². The molecular formula is C7H13NO3. The van der Waals surface area contributed by atoms with Gasteiger partial charge in [0.15, 0.2) is 0 Å². The lowest BCUT2D eigenvalue weighted by atomic mass is 10.3. The van der Waals surface area contributed by atoms with E-state index >= 15 is 0 Å². The molecule has 0 heterocycles. The molecule has 4 heteroatoms. The maximum absolute atomic E-state index is 10.8. The quantitative estimate of drug-likeness (QED) is 0.378. The summed E-state index contributed by atoms with van der Waals surface area (Å²) in [5.41, 5.74) is 0.335. The third-order valence-corrected chi connectivity index (χ3v) is 1.09. The Balaban J connectivity index is 3.66. The Morgan fingerprint density at radius 2 is 2.27 bits per heavy atom. The highest BCUT2D eigenvalue weighted by Gasteiger charge is 2.07. The van der Waals surface area contributed by atoms with Crippen molar-refractivity contribution in [2.75, 3.05) is 6.61 Å². The second-order valence-corrected chi connectivity index (χ2v) is 2.28. The third kappa shape index (κ3) is 4.52. The molecule has 0 fully saturated rings. The Morgan fingerprint density at radius 1 is 1.73 bits per heavy atom. The first kappa shape index (κ1) is 10.1. The first-order valence-corrected chi connectivity index (χ1v) is 3.33. The van der Waals surface area contributed by atoms with Gasteiger partial charge in [-0.3, -0.25) is 4.79 Å². The van der Waals surface area contributed by atoms with Crippen molar-refractivity contribution in [1.29, 1.82) is 0 Å². The van der Waals surface area contributed by atoms with Gasteiger partial charge in [-0.25, -0.2) is 0 Å². The van der Waals surface area contributed by atoms with Gasteiger partial charge in [0.05, 0.1) is 0 Å². The number of rotatable bonds is 4. The van der Waals surface area contributed by atoms with Crippen LogP contribution in [0, 0.1) is 0 Å². The van der Waals surface area contributed by atoms with Crippen LogP contribution in [0.4, 0.5) is 0 Å². The molecule has 3 N–H and O–H groups in total. The van der Waals surface area contributed by atoms with Crippen molar-refractivity contribution in [3.05, 3.63) is 12.2 Å². The maximum Gasteiger partial charge on any atom is 0.248 e. The van der Waals surface area contributed by atoms with E-state index in [0.29, 0.717) is 5.57 Å². The maximum atomic E-state index is 10.8. The molecule has 0 aliphatic heterocycles. The number of hydrogen-bond donors (Lipinski definition) is 3. The summed E-state index contributed by atoms with van der Waals surface area (Å²) in [4.78, 5) is 10.8. The fourth-order valence-electron chi connectivity index (χ4n) is 0.469. The summed E-state index contributed by atoms with van der Waals surface area (Å²) < 4.78 is 0. The van der Waals surface area contributed by atoms with Gasteiger partial charge in [0.2, 0.25) is 5.91 Å². The number of amides is 1. The zero-order chi connectivity index (χ0) is 8.85. The fraction of sp³-hybridized carbons (Fsp3) is 0.571. The van der Waals surface area contributed by atoms with Gasteiger partial charge in [0.25, 0.3) is 0 Å². The molecule has 64 valence electrons. The third-order valence-electron chi connectivity index (χ3n) is 1.09. The van der Waals surface area contributed by atoms with Crippen molar-refractivity contribution < 1.29 is 15.0 Å². The van der Waals surface area contributed by atoms with Crippen LogP contribution in [-0.2, 0) is 4.79 Å². The van der Waals surface area contributed by atoms with Crippen LogP contribution in [0.1, 0.15) is 13.3 Å². The standard InChI is InChI=1S/C7H13NO3/c1-5(2)7(11)8-6(10)3-4-9/h6,9-10H,1,3-4H2,2H3,(H,8,11). The summed E-state index contributed by atoms with van der Waals surface area (Å²) >= 11 is 0. The number of carbonyl (C=O) groups is 1. The van der Waals surface area contributed by atoms with Crippen molar-refractivity contribution in [3.8, 4) is 0 Å². The van der Waals surface area contributed by atoms with Gasteiger partial charge in [-0.15, -0.1) is 0 Å². The van der Waals surface area contributed by atoms with E-state index in [1.54, 1.807) is 6.92 Å². The molecule has 0 saturated carbocycles. The van der Waals surface area contributed by atoms with E-state index < -0.39 is 12.1 Å². The lowest BCUT2D eigenvalue weighted by Gasteiger charge is -2.10. The summed E-state index contributed by atoms with van der Waals surface area (Å²) in [6.07, 6.45) is -0.844. The average molecular weight is 159 g/mol. The van der Waals surface area contributed by atoms with Gasteiger partial charge < -0.3 is 15.5 Å². The van der Waals surface area contributed by atoms with Crippen molar-refractivity contribution in [2.24, 2.45) is 0 Å². The molecule has 11 heavy (non-hydrogen) atoms. The summed E-state index contributed by atoms with van der Waals surface area (Å²) in [5.74, 6) is -0.397. The highest BCUT2D eigenvalue weighted by atomic mass is 16.3. The first-order chi connectivity index (χ1) is 5.07. The van der Waals surface area contributed by atoms with E-state index in [2.05, 4.69) is 11.9 Å². The van der Waals surface area contributed by atoms with Gasteiger partial charge in [-0.1, -0.05) is 6.58 Å². The van der Waals surface area contributed by atoms with Crippen molar-refractivity contribution in [1.82, 2.24) is 5.32 Å². The van der Waals surface area contributed by atoms with Gasteiger partial charge >= 0.3 is 0 Å². The largest absolute Gasteiger partial charge is 0.396 e. The molecular weight excluding hydrogens is 146 g/mol. The second kappa shape index (κ2) is 4.87. The monoisotopic (exact) mass is 159 g/mol. The molecule has 0 spiro atoms. The lowest BCUT2D eigenvalue weighted by Crippen LogP contribution is -2.35. The van der Waals surface area contributed by atoms with E-state index in [1.165, 1.54) is 0 Å². The number of aliphatic hydroxyl groups excluding tert-OH is 2. The van der Waals surface area contributed by atoms with Crippen LogP contribution in [0.15, 0.2) is 12.2 Å². The zero-order valence-electron chi connectivity index (χ0n) is 6.50. The van der Waals surface area contributed by atoms with Gasteiger partial charge in [0, 0.05) is 18.6 Å². The highest BCUT2D eigenvalue weighted by molar-refractivity contribution is 5.92. The Kier molecular flexibility index (Phi) is 4.49. The SMILES string of the molecule is C=C(C)C(=O)NC(O)CCO. The Bertz CT molecular complexity index is 156. The molecule has 0 aromatic carbocycles. The van der Waals surface area contributed by atoms with Crippen LogP contribution in [0.5, 0.6) is 0 Å². The Hall–Kier alpha value is -0.870. The molecule has 0 bridgehead atoms. The molecule has 1 amide bonds. The minimum Gasteiger partial charge on any atom is -0.396 e. The Labute approximate surface area is 65.5 Å². The van der Waals surface area contributed by atoms with Crippen molar-refractivity contribution >= 4 is 5.91 Å². The molecule has 0 radical (unpaired) electrons. The molecule has 0 aromatic heterocycles. The van der Waals surface area contributed by atoms with Crippen LogP contribution in [-0.4, -0.2) is 29.0 Å². The molecule has 1 atom stereocenters. The van der Waals surface area contributed by atoms with Gasteiger partial charge in [-0.05, 0) is 6.92 Å². The topological polar surface area (TPSA) is 69.6 Å². The van der Waals surface area contributed by atoms with E-state index in [-0.39, 0.29) is 13.0 Å². The summed E-state index contributed by atoms with van der Waals surface area (Å²) in [7, 11) is 0. The van der Waals surface area contributed by atoms with Crippen LogP contribution >= 0.6 is 0 Å². The van der Waals surface area contributed by atoms with E-state index in [0.717, 1.165) is 0 Å². The predicted molar refractivity (Wildman–Crippen MR) is 40.7 cm³/mol. The van der Waals surface area contributed by atoms with Crippen molar-refractivity contribution in [2.45, 2.75) is 19.6 Å². The van der Waals surface area contributed by atoms with Crippen LogP contribution in [0.25, 0.3) is 0 Å². The summed E-state index contributed by atoms with van der Waals surface area (Å²) in [6, 6.07) is 0. The molecule has 0 rings (SSSR count). The minimum absolute atomic E-state index is 0.138. The highest BCUT2D eigenvalue weighted by Crippen LogP contribution is 1.90. The number of nitrogens with one attached hydrogen (secondary N) is 1. The van der Waals surface area contributed by atoms with E-state index in [1.807, 2.05) is 0 Å². The van der Waals surface area contributed by atoms with Crippen molar-refractivity contribution in [3.63, 3.8) is 0 Å². The number of carbonyl (C=O) groups excluding carboxylic acids is 1. The van der Waals surface area contributed by atoms with E-state index in [4.69, 9.17) is 10.2 Å². The summed E-state index contributed by atoms with van der Waals surface area (Å²) in [5, 5.41) is 19.5. The molecule has 4 nitrogen and oxygen atoms in total. The molecule has 0 saturated heterocycles. The van der Waals surface area contributed by atoms with Crippen LogP contribution in [0.2, 0.25) is 0 Å². The average Bonchev–Trinajstić information content (AvgIpc) is 1.87. The summed E-state index contributed by atoms with van der Waals surface area (Å²) in [6.45, 7) is 4.77. The second-order valence-electron chi connectivity index (χ2n) is 2.28. The molecule has 0 aromatic rings. The smallest absolute Gasteiger partial charge is 0.248 e. The molecule has 0 aliphatic rings. The number of aliphatic hydroxyl groups is 2. The molecule has 1 unspecified atom stereocenters. The lowest BCUT2D eigenvalue weighted by molar-refractivity contribution is -0.120. The fourth-order valence-corrected chi connectivity index (χ4v) is 0.469.